The van der Waals surface area contributed by atoms with Crippen LogP contribution in [-0.4, -0.2) is 89.8 Å². The van der Waals surface area contributed by atoms with E-state index < -0.39 is 35.8 Å². The summed E-state index contributed by atoms with van der Waals surface area (Å²) in [5.41, 5.74) is 16.3. The summed E-state index contributed by atoms with van der Waals surface area (Å²) in [4.78, 5) is 61.6. The molecule has 34 heavy (non-hydrogen) atoms. The molecular weight excluding hydrogens is 466 g/mol. The highest BCUT2D eigenvalue weighted by atomic mass is 32.2. The van der Waals surface area contributed by atoms with Gasteiger partial charge in [-0.05, 0) is 25.7 Å². The maximum atomic E-state index is 13.0. The monoisotopic (exact) mass is 501 g/mol. The first kappa shape index (κ1) is 29.0. The topological polar surface area (TPSA) is 239 Å². The minimum absolute atomic E-state index is 0.185. The van der Waals surface area contributed by atoms with Crippen LogP contribution in [0, 0.1) is 5.41 Å². The van der Waals surface area contributed by atoms with Gasteiger partial charge in [-0.25, -0.2) is 0 Å². The molecule has 0 aromatic rings. The summed E-state index contributed by atoms with van der Waals surface area (Å²) in [7, 11) is 0. The Morgan fingerprint density at radius 2 is 1.85 bits per heavy atom. The Bertz CT molecular complexity index is 766. The van der Waals surface area contributed by atoms with E-state index in [4.69, 9.17) is 22.6 Å². The van der Waals surface area contributed by atoms with E-state index in [1.165, 1.54) is 23.6 Å². The molecule has 11 N–H and O–H groups in total. The van der Waals surface area contributed by atoms with Gasteiger partial charge >= 0.3 is 0 Å². The standard InChI is InChI=1S/C19H35N9O5S/c1-11(29)26-10-34-9-12(20)18(33)28-7-3-5-14(28)17(32)27-13(4-2-6-24-19(22)23)16(31)25-8-15(21)30/h12-14H,2-10,20H2,1H3,(H2,21,30)(H,25,31)(H,26,29)(H,27,32)(H4,22,23,24)/t12-,13-,14-/m0/s1. The number of nitrogens with zero attached hydrogens (tertiary/aromatic N) is 1. The predicted octanol–water partition coefficient (Wildman–Crippen LogP) is -3.52. The molecule has 5 amide bonds. The summed E-state index contributed by atoms with van der Waals surface area (Å²) in [6.45, 7) is 1.68. The fraction of sp³-hybridized carbons (Fsp3) is 0.684. The number of hydrogen-bond acceptors (Lipinski definition) is 8. The molecule has 15 heteroatoms. The molecule has 1 heterocycles. The molecular formula is C19H35N9O5S. The number of nitrogens with one attached hydrogen (secondary N) is 5. The molecule has 1 rings (SSSR count). The first-order valence-corrected chi connectivity index (χ1v) is 12.0. The van der Waals surface area contributed by atoms with Crippen LogP contribution < -0.4 is 38.5 Å². The quantitative estimate of drug-likeness (QED) is 0.0508. The average molecular weight is 502 g/mol. The Labute approximate surface area is 202 Å². The zero-order valence-corrected chi connectivity index (χ0v) is 20.0. The molecule has 1 saturated heterocycles. The highest BCUT2D eigenvalue weighted by Gasteiger charge is 2.37. The van der Waals surface area contributed by atoms with Crippen molar-refractivity contribution in [3.05, 3.63) is 0 Å². The van der Waals surface area contributed by atoms with E-state index in [2.05, 4.69) is 21.3 Å². The predicted molar refractivity (Wildman–Crippen MR) is 127 cm³/mol. The van der Waals surface area contributed by atoms with Gasteiger partial charge in [0.15, 0.2) is 5.96 Å². The zero-order valence-electron chi connectivity index (χ0n) is 19.2. The van der Waals surface area contributed by atoms with E-state index in [0.717, 1.165) is 0 Å². The van der Waals surface area contributed by atoms with Crippen molar-refractivity contribution in [2.75, 3.05) is 31.3 Å². The molecule has 3 atom stereocenters. The minimum atomic E-state index is -0.972. The number of carbonyl (C=O) groups excluding carboxylic acids is 5. The molecule has 0 aromatic carbocycles. The molecule has 0 unspecified atom stereocenters. The second-order valence-corrected chi connectivity index (χ2v) is 8.80. The lowest BCUT2D eigenvalue weighted by Gasteiger charge is -2.28. The van der Waals surface area contributed by atoms with Crippen molar-refractivity contribution in [1.82, 2.24) is 26.2 Å². The summed E-state index contributed by atoms with van der Waals surface area (Å²) >= 11 is 1.30. The maximum absolute atomic E-state index is 13.0. The zero-order chi connectivity index (χ0) is 25.7. The van der Waals surface area contributed by atoms with Crippen LogP contribution in [0.4, 0.5) is 0 Å². The molecule has 0 saturated carbocycles. The summed E-state index contributed by atoms with van der Waals surface area (Å²) in [6, 6.07) is -2.60. The Kier molecular flexibility index (Phi) is 12.7. The lowest BCUT2D eigenvalue weighted by Crippen LogP contribution is -2.56. The largest absolute Gasteiger partial charge is 0.370 e. The molecule has 0 spiro atoms. The van der Waals surface area contributed by atoms with Gasteiger partial charge in [0.1, 0.15) is 12.1 Å². The molecule has 1 aliphatic heterocycles. The van der Waals surface area contributed by atoms with Crippen LogP contribution in [0.25, 0.3) is 0 Å². The van der Waals surface area contributed by atoms with Crippen molar-refractivity contribution in [3.8, 4) is 0 Å². The van der Waals surface area contributed by atoms with E-state index in [0.29, 0.717) is 38.2 Å². The third kappa shape index (κ3) is 10.7. The van der Waals surface area contributed by atoms with Crippen molar-refractivity contribution < 1.29 is 24.0 Å². The number of amides is 5. The average Bonchev–Trinajstić information content (AvgIpc) is 3.26. The van der Waals surface area contributed by atoms with Crippen LogP contribution in [0.2, 0.25) is 0 Å². The first-order valence-electron chi connectivity index (χ1n) is 10.9. The summed E-state index contributed by atoms with van der Waals surface area (Å²) in [5.74, 6) is -2.00. The molecule has 0 bridgehead atoms. The van der Waals surface area contributed by atoms with Crippen LogP contribution in [-0.2, 0) is 24.0 Å². The minimum Gasteiger partial charge on any atom is -0.370 e. The van der Waals surface area contributed by atoms with Crippen LogP contribution in [0.15, 0.2) is 0 Å². The SMILES string of the molecule is CC(=O)NCSC[C@H](N)C(=O)N1CCC[C@H]1C(=O)N[C@@H](CCCNC(=N)N)C(=O)NCC(N)=O. The van der Waals surface area contributed by atoms with Gasteiger partial charge in [0.2, 0.25) is 29.5 Å². The summed E-state index contributed by atoms with van der Waals surface area (Å²) in [5, 5.41) is 17.4. The van der Waals surface area contributed by atoms with Gasteiger partial charge in [0.05, 0.1) is 18.5 Å². The van der Waals surface area contributed by atoms with E-state index in [1.54, 1.807) is 0 Å². The van der Waals surface area contributed by atoms with Crippen LogP contribution in [0.5, 0.6) is 0 Å². The number of rotatable bonds is 14. The highest BCUT2D eigenvalue weighted by Crippen LogP contribution is 2.19. The van der Waals surface area contributed by atoms with Gasteiger partial charge in [-0.1, -0.05) is 0 Å². The number of carbonyl (C=O) groups is 5. The molecule has 0 aromatic heterocycles. The third-order valence-corrected chi connectivity index (χ3v) is 5.87. The number of likely N-dealkylation sites (tertiary alicyclic amines) is 1. The van der Waals surface area contributed by atoms with Crippen molar-refractivity contribution in [2.45, 2.75) is 50.7 Å². The van der Waals surface area contributed by atoms with Gasteiger partial charge in [-0.3, -0.25) is 29.4 Å². The maximum Gasteiger partial charge on any atom is 0.243 e. The van der Waals surface area contributed by atoms with Gasteiger partial charge in [0, 0.05) is 25.8 Å². The van der Waals surface area contributed by atoms with Gasteiger partial charge in [-0.15, -0.1) is 11.8 Å². The van der Waals surface area contributed by atoms with Gasteiger partial charge in [0.25, 0.3) is 0 Å². The lowest BCUT2D eigenvalue weighted by molar-refractivity contribution is -0.140. The number of thioether (sulfide) groups is 1. The smallest absolute Gasteiger partial charge is 0.243 e. The molecule has 1 aliphatic rings. The van der Waals surface area contributed by atoms with E-state index >= 15 is 0 Å². The lowest BCUT2D eigenvalue weighted by atomic mass is 10.1. The molecule has 14 nitrogen and oxygen atoms in total. The molecule has 0 radical (unpaired) electrons. The number of primary amides is 1. The second kappa shape index (κ2) is 15.0. The summed E-state index contributed by atoms with van der Waals surface area (Å²) in [6.07, 6.45) is 1.64. The van der Waals surface area contributed by atoms with Crippen LogP contribution in [0.3, 0.4) is 0 Å². The number of guanidine groups is 1. The van der Waals surface area contributed by atoms with E-state index in [1.807, 2.05) is 0 Å². The van der Waals surface area contributed by atoms with E-state index in [-0.39, 0.29) is 36.5 Å². The van der Waals surface area contributed by atoms with E-state index in [9.17, 15) is 24.0 Å². The van der Waals surface area contributed by atoms with Gasteiger partial charge in [-0.2, -0.15) is 0 Å². The summed E-state index contributed by atoms with van der Waals surface area (Å²) < 4.78 is 0. The van der Waals surface area contributed by atoms with Gasteiger partial charge < -0.3 is 43.4 Å². The van der Waals surface area contributed by atoms with Crippen LogP contribution >= 0.6 is 11.8 Å². The van der Waals surface area contributed by atoms with Crippen molar-refractivity contribution >= 4 is 47.3 Å². The van der Waals surface area contributed by atoms with Crippen LogP contribution in [0.1, 0.15) is 32.6 Å². The Hall–Kier alpha value is -3.07. The first-order chi connectivity index (χ1) is 16.0. The fourth-order valence-electron chi connectivity index (χ4n) is 3.29. The fourth-order valence-corrected chi connectivity index (χ4v) is 4.11. The number of nitrogens with two attached hydrogens (primary N) is 3. The molecule has 1 fully saturated rings. The Balaban J connectivity index is 2.73. The molecule has 0 aliphatic carbocycles. The van der Waals surface area contributed by atoms with Crippen molar-refractivity contribution in [3.63, 3.8) is 0 Å². The van der Waals surface area contributed by atoms with Crippen molar-refractivity contribution in [1.29, 1.82) is 5.41 Å². The normalized spacial score (nSPS) is 16.8. The van der Waals surface area contributed by atoms with Crippen molar-refractivity contribution in [2.24, 2.45) is 17.2 Å². The Morgan fingerprint density at radius 1 is 1.15 bits per heavy atom. The number of hydrogen-bond donors (Lipinski definition) is 8. The Morgan fingerprint density at radius 3 is 2.47 bits per heavy atom. The second-order valence-electron chi connectivity index (χ2n) is 7.77. The third-order valence-electron chi connectivity index (χ3n) is 4.93. The molecule has 192 valence electrons. The highest BCUT2D eigenvalue weighted by molar-refractivity contribution is 7.99.